The minimum absolute atomic E-state index is 0.0135. The molecule has 2 aromatic heterocycles. The molecule has 4 nitrogen and oxygen atoms in total. The zero-order valence-electron chi connectivity index (χ0n) is 39.0. The topological polar surface area (TPSA) is 32.8 Å². The quantitative estimate of drug-likeness (QED) is 0.165. The Morgan fingerprint density at radius 3 is 1.19 bits per heavy atom. The Morgan fingerprint density at radius 2 is 0.812 bits per heavy atom. The fourth-order valence-electron chi connectivity index (χ4n) is 10.6. The summed E-state index contributed by atoms with van der Waals surface area (Å²) in [5, 5.41) is 2.20. The van der Waals surface area contributed by atoms with Crippen LogP contribution >= 0.6 is 0 Å². The summed E-state index contributed by atoms with van der Waals surface area (Å²) in [5.41, 5.74) is 23.9. The van der Waals surface area contributed by atoms with E-state index in [0.29, 0.717) is 0 Å². The standard InChI is InChI=1S/C59H55BN2O2/c1-34-24-49-55-50(25-34)62(57-37(4)28-44(29-38(57)5)59(9,10)11)48-31-42(54-33-40-17-13-15-19-52(40)64-54)21-23-46(48)60(55)45-22-20-41(53-32-39-16-12-14-18-51(39)63-53)30-47(45)61(49)56-35(2)26-43(27-36(56)3)58(6,7)8/h12-33H,1-11H3. The van der Waals surface area contributed by atoms with E-state index in [-0.39, 0.29) is 17.5 Å². The summed E-state index contributed by atoms with van der Waals surface area (Å²) in [6.07, 6.45) is 0. The first kappa shape index (κ1) is 40.1. The van der Waals surface area contributed by atoms with Crippen LogP contribution in [0.5, 0.6) is 0 Å². The molecule has 64 heavy (non-hydrogen) atoms. The molecule has 0 spiro atoms. The van der Waals surface area contributed by atoms with E-state index in [1.165, 1.54) is 89.5 Å². The highest BCUT2D eigenvalue weighted by Gasteiger charge is 2.45. The average Bonchev–Trinajstić information content (AvgIpc) is 3.89. The number of furan rings is 2. The third-order valence-electron chi connectivity index (χ3n) is 13.8. The minimum atomic E-state index is -0.0403. The van der Waals surface area contributed by atoms with Crippen LogP contribution < -0.4 is 26.2 Å². The first-order chi connectivity index (χ1) is 30.5. The van der Waals surface area contributed by atoms with Crippen LogP contribution in [-0.2, 0) is 10.8 Å². The molecule has 0 bridgehead atoms. The summed E-state index contributed by atoms with van der Waals surface area (Å²) in [7, 11) is 0. The molecule has 0 saturated heterocycles. The lowest BCUT2D eigenvalue weighted by Gasteiger charge is -2.46. The van der Waals surface area contributed by atoms with E-state index in [9.17, 15) is 0 Å². The van der Waals surface area contributed by atoms with Gasteiger partial charge in [0.05, 0.1) is 11.4 Å². The zero-order chi connectivity index (χ0) is 44.6. The van der Waals surface area contributed by atoms with Gasteiger partial charge in [0.15, 0.2) is 0 Å². The Bertz CT molecular complexity index is 3060. The van der Waals surface area contributed by atoms with Gasteiger partial charge in [-0.2, -0.15) is 0 Å². The number of rotatable bonds is 4. The maximum Gasteiger partial charge on any atom is 0.252 e. The Kier molecular flexibility index (Phi) is 8.86. The lowest BCUT2D eigenvalue weighted by Crippen LogP contribution is -2.61. The van der Waals surface area contributed by atoms with Gasteiger partial charge in [-0.15, -0.1) is 0 Å². The Balaban J connectivity index is 1.22. The monoisotopic (exact) mass is 834 g/mol. The maximum absolute atomic E-state index is 6.57. The zero-order valence-corrected chi connectivity index (χ0v) is 39.0. The fraction of sp³-hybridized carbons (Fsp3) is 0.220. The number of hydrogen-bond acceptors (Lipinski definition) is 4. The highest BCUT2D eigenvalue weighted by atomic mass is 16.3. The second-order valence-electron chi connectivity index (χ2n) is 20.6. The smallest absolute Gasteiger partial charge is 0.252 e. The fourth-order valence-corrected chi connectivity index (χ4v) is 10.6. The normalized spacial score (nSPS) is 13.5. The molecule has 7 aromatic carbocycles. The molecular weight excluding hydrogens is 779 g/mol. The number of benzene rings is 7. The number of nitrogens with zero attached hydrogens (tertiary/aromatic N) is 2. The van der Waals surface area contributed by atoms with Crippen LogP contribution in [0.3, 0.4) is 0 Å². The van der Waals surface area contributed by atoms with E-state index in [4.69, 9.17) is 8.83 Å². The summed E-state index contributed by atoms with van der Waals surface area (Å²) in [5.74, 6) is 1.73. The predicted octanol–water partition coefficient (Wildman–Crippen LogP) is 14.7. The van der Waals surface area contributed by atoms with Gasteiger partial charge >= 0.3 is 0 Å². The van der Waals surface area contributed by atoms with Crippen LogP contribution in [0.25, 0.3) is 44.6 Å². The van der Waals surface area contributed by atoms with Crippen molar-refractivity contribution in [2.24, 2.45) is 0 Å². The van der Waals surface area contributed by atoms with Crippen molar-refractivity contribution < 1.29 is 8.83 Å². The van der Waals surface area contributed by atoms with Gasteiger partial charge in [-0.25, -0.2) is 0 Å². The van der Waals surface area contributed by atoms with Gasteiger partial charge in [-0.05, 0) is 149 Å². The van der Waals surface area contributed by atoms with Gasteiger partial charge in [0.1, 0.15) is 22.7 Å². The first-order valence-corrected chi connectivity index (χ1v) is 22.8. The Hall–Kier alpha value is -6.72. The number of hydrogen-bond donors (Lipinski definition) is 0. The molecule has 0 amide bonds. The summed E-state index contributed by atoms with van der Waals surface area (Å²) in [4.78, 5) is 5.16. The van der Waals surface area contributed by atoms with Gasteiger partial charge in [-0.3, -0.25) is 0 Å². The summed E-state index contributed by atoms with van der Waals surface area (Å²) < 4.78 is 13.1. The molecule has 0 aliphatic carbocycles. The molecule has 0 atom stereocenters. The third kappa shape index (κ3) is 6.26. The molecule has 0 fully saturated rings. The largest absolute Gasteiger partial charge is 0.456 e. The highest BCUT2D eigenvalue weighted by Crippen LogP contribution is 2.49. The highest BCUT2D eigenvalue weighted by molar-refractivity contribution is 7.00. The van der Waals surface area contributed by atoms with Crippen molar-refractivity contribution in [3.63, 3.8) is 0 Å². The first-order valence-electron chi connectivity index (χ1n) is 22.8. The van der Waals surface area contributed by atoms with Crippen LogP contribution in [0.15, 0.2) is 142 Å². The predicted molar refractivity (Wildman–Crippen MR) is 272 cm³/mol. The molecule has 5 heteroatoms. The molecule has 0 unspecified atom stereocenters. The van der Waals surface area contributed by atoms with Crippen molar-refractivity contribution in [2.45, 2.75) is 87.0 Å². The second kappa shape index (κ2) is 14.1. The van der Waals surface area contributed by atoms with Crippen LogP contribution in [-0.4, -0.2) is 6.71 Å². The molecule has 0 N–H and O–H groups in total. The van der Waals surface area contributed by atoms with Crippen LogP contribution in [0.2, 0.25) is 0 Å². The molecule has 2 aliphatic heterocycles. The van der Waals surface area contributed by atoms with E-state index in [0.717, 1.165) is 44.6 Å². The molecule has 0 saturated carbocycles. The van der Waals surface area contributed by atoms with Gasteiger partial charge in [-0.1, -0.05) is 126 Å². The Morgan fingerprint density at radius 1 is 0.422 bits per heavy atom. The van der Waals surface area contributed by atoms with Crippen molar-refractivity contribution in [1.82, 2.24) is 0 Å². The molecule has 4 heterocycles. The van der Waals surface area contributed by atoms with Crippen molar-refractivity contribution in [3.05, 3.63) is 172 Å². The van der Waals surface area contributed by atoms with Gasteiger partial charge in [0.25, 0.3) is 6.71 Å². The van der Waals surface area contributed by atoms with E-state index < -0.39 is 0 Å². The number of anilines is 6. The lowest BCUT2D eigenvalue weighted by atomic mass is 9.33. The molecular formula is C59H55BN2O2. The van der Waals surface area contributed by atoms with Crippen molar-refractivity contribution in [3.8, 4) is 22.6 Å². The lowest BCUT2D eigenvalue weighted by molar-refractivity contribution is 0.589. The SMILES string of the molecule is Cc1cc2c3c(c1)N(c1c(C)cc(C(C)(C)C)cc1C)c1cc(-c4cc5ccccc5o4)ccc1B3c1ccc(-c3cc4ccccc4o3)cc1N2c1c(C)cc(C(C)(C)C)cc1C. The van der Waals surface area contributed by atoms with E-state index in [1.807, 2.05) is 12.1 Å². The number of fused-ring (bicyclic) bond motifs is 6. The van der Waals surface area contributed by atoms with Crippen LogP contribution in [0.4, 0.5) is 34.1 Å². The van der Waals surface area contributed by atoms with Crippen LogP contribution in [0.1, 0.15) is 80.5 Å². The molecule has 316 valence electrons. The average molecular weight is 835 g/mol. The second-order valence-corrected chi connectivity index (χ2v) is 20.6. The third-order valence-corrected chi connectivity index (χ3v) is 13.8. The molecule has 0 radical (unpaired) electrons. The van der Waals surface area contributed by atoms with Gasteiger partial charge in [0.2, 0.25) is 0 Å². The number of para-hydroxylation sites is 2. The summed E-state index contributed by atoms with van der Waals surface area (Å²) in [6.45, 7) is 25.2. The van der Waals surface area contributed by atoms with Crippen LogP contribution in [0, 0.1) is 34.6 Å². The van der Waals surface area contributed by atoms with E-state index >= 15 is 0 Å². The van der Waals surface area contributed by atoms with Crippen molar-refractivity contribution >= 4 is 79.2 Å². The molecule has 11 rings (SSSR count). The number of aryl methyl sites for hydroxylation is 5. The summed E-state index contributed by atoms with van der Waals surface area (Å²) >= 11 is 0. The Labute approximate surface area is 378 Å². The van der Waals surface area contributed by atoms with E-state index in [1.54, 1.807) is 0 Å². The summed E-state index contributed by atoms with van der Waals surface area (Å²) in [6, 6.07) is 49.5. The van der Waals surface area contributed by atoms with Gasteiger partial charge in [0, 0.05) is 44.6 Å². The van der Waals surface area contributed by atoms with E-state index in [2.05, 4.69) is 207 Å². The van der Waals surface area contributed by atoms with Crippen molar-refractivity contribution in [1.29, 1.82) is 0 Å². The van der Waals surface area contributed by atoms with Crippen molar-refractivity contribution in [2.75, 3.05) is 9.80 Å². The van der Waals surface area contributed by atoms with Gasteiger partial charge < -0.3 is 18.6 Å². The minimum Gasteiger partial charge on any atom is -0.456 e. The maximum atomic E-state index is 6.57. The molecule has 9 aromatic rings. The molecule has 2 aliphatic rings.